The van der Waals surface area contributed by atoms with Crippen LogP contribution >= 0.6 is 0 Å². The van der Waals surface area contributed by atoms with Crippen molar-refractivity contribution in [1.29, 1.82) is 0 Å². The Balaban J connectivity index is 1.40. The molecule has 1 aromatic rings. The summed E-state index contributed by atoms with van der Waals surface area (Å²) in [5, 5.41) is 0. The van der Waals surface area contributed by atoms with Gasteiger partial charge in [0.2, 0.25) is 0 Å². The Kier molecular flexibility index (Phi) is 14.1. The van der Waals surface area contributed by atoms with Gasteiger partial charge in [-0.2, -0.15) is 0 Å². The van der Waals surface area contributed by atoms with Crippen LogP contribution in [0.3, 0.4) is 0 Å². The maximum absolute atomic E-state index is 12.2. The Hall–Kier alpha value is -2.30. The minimum atomic E-state index is -0.328. The average Bonchev–Trinajstić information content (AvgIpc) is 2.85. The van der Waals surface area contributed by atoms with Crippen molar-refractivity contribution in [3.05, 3.63) is 36.9 Å². The number of carbonyl (C=O) groups excluding carboxylic acids is 2. The number of esters is 2. The van der Waals surface area contributed by atoms with Gasteiger partial charge in [-0.25, -0.2) is 4.79 Å². The quantitative estimate of drug-likeness (QED) is 0.107. The zero-order valence-electron chi connectivity index (χ0n) is 20.2. The van der Waals surface area contributed by atoms with Gasteiger partial charge in [0.25, 0.3) is 0 Å². The maximum atomic E-state index is 12.2. The number of ether oxygens (including phenoxy) is 3. The van der Waals surface area contributed by atoms with Crippen LogP contribution in [0.5, 0.6) is 11.5 Å². The van der Waals surface area contributed by atoms with E-state index in [1.165, 1.54) is 57.4 Å². The van der Waals surface area contributed by atoms with Crippen LogP contribution in [0.4, 0.5) is 0 Å². The molecule has 1 aliphatic carbocycles. The van der Waals surface area contributed by atoms with Gasteiger partial charge in [-0.1, -0.05) is 77.2 Å². The smallest absolute Gasteiger partial charge is 0.330 e. The SMILES string of the molecule is C=CC(=O)OCCCCCCCCCCCCOc1ccc(OC(=O)C2CCCCC2)cc1. The van der Waals surface area contributed by atoms with Gasteiger partial charge in [0, 0.05) is 6.08 Å². The lowest BCUT2D eigenvalue weighted by Crippen LogP contribution is -2.22. The minimum Gasteiger partial charge on any atom is -0.494 e. The Labute approximate surface area is 199 Å². The van der Waals surface area contributed by atoms with Gasteiger partial charge in [-0.3, -0.25) is 4.79 Å². The van der Waals surface area contributed by atoms with Gasteiger partial charge in [0.1, 0.15) is 11.5 Å². The molecular formula is C28H42O5. The summed E-state index contributed by atoms with van der Waals surface area (Å²) in [7, 11) is 0. The Morgan fingerprint density at radius 2 is 1.27 bits per heavy atom. The summed E-state index contributed by atoms with van der Waals surface area (Å²) in [5.74, 6) is 1.08. The molecule has 1 fully saturated rings. The summed E-state index contributed by atoms with van der Waals surface area (Å²) in [4.78, 5) is 23.1. The highest BCUT2D eigenvalue weighted by Gasteiger charge is 2.22. The molecule has 0 spiro atoms. The highest BCUT2D eigenvalue weighted by atomic mass is 16.5. The van der Waals surface area contributed by atoms with Gasteiger partial charge in [0.15, 0.2) is 0 Å². The second kappa shape index (κ2) is 17.2. The zero-order chi connectivity index (χ0) is 23.6. The van der Waals surface area contributed by atoms with E-state index in [2.05, 4.69) is 6.58 Å². The van der Waals surface area contributed by atoms with Crippen molar-refractivity contribution in [2.24, 2.45) is 5.92 Å². The van der Waals surface area contributed by atoms with Gasteiger partial charge in [0.05, 0.1) is 19.1 Å². The third kappa shape index (κ3) is 12.5. The van der Waals surface area contributed by atoms with Crippen molar-refractivity contribution >= 4 is 11.9 Å². The second-order valence-electron chi connectivity index (χ2n) is 8.98. The van der Waals surface area contributed by atoms with Crippen LogP contribution in [0, 0.1) is 5.92 Å². The van der Waals surface area contributed by atoms with E-state index in [0.29, 0.717) is 12.4 Å². The van der Waals surface area contributed by atoms with Crippen molar-refractivity contribution in [2.45, 2.75) is 96.3 Å². The summed E-state index contributed by atoms with van der Waals surface area (Å²) in [6.07, 6.45) is 18.5. The lowest BCUT2D eigenvalue weighted by Gasteiger charge is -2.19. The minimum absolute atomic E-state index is 0.0651. The van der Waals surface area contributed by atoms with Crippen molar-refractivity contribution in [3.63, 3.8) is 0 Å². The summed E-state index contributed by atoms with van der Waals surface area (Å²) in [6, 6.07) is 7.41. The monoisotopic (exact) mass is 458 g/mol. The molecule has 5 heteroatoms. The summed E-state index contributed by atoms with van der Waals surface area (Å²) in [5.41, 5.74) is 0. The molecule has 1 aromatic carbocycles. The van der Waals surface area contributed by atoms with Crippen LogP contribution in [0.2, 0.25) is 0 Å². The average molecular weight is 459 g/mol. The molecule has 2 rings (SSSR count). The van der Waals surface area contributed by atoms with Crippen LogP contribution in [0.25, 0.3) is 0 Å². The molecule has 0 aromatic heterocycles. The van der Waals surface area contributed by atoms with E-state index < -0.39 is 0 Å². The number of hydrogen-bond acceptors (Lipinski definition) is 5. The fourth-order valence-electron chi connectivity index (χ4n) is 4.18. The van der Waals surface area contributed by atoms with E-state index in [1.807, 2.05) is 24.3 Å². The molecule has 33 heavy (non-hydrogen) atoms. The second-order valence-corrected chi connectivity index (χ2v) is 8.98. The summed E-state index contributed by atoms with van der Waals surface area (Å²) >= 11 is 0. The molecule has 0 saturated heterocycles. The van der Waals surface area contributed by atoms with Crippen LogP contribution in [-0.4, -0.2) is 25.2 Å². The van der Waals surface area contributed by atoms with Crippen LogP contribution in [0.1, 0.15) is 96.3 Å². The van der Waals surface area contributed by atoms with Crippen molar-refractivity contribution in [2.75, 3.05) is 13.2 Å². The first-order valence-electron chi connectivity index (χ1n) is 12.9. The fourth-order valence-corrected chi connectivity index (χ4v) is 4.18. The van der Waals surface area contributed by atoms with Crippen molar-refractivity contribution in [3.8, 4) is 11.5 Å². The Morgan fingerprint density at radius 1 is 0.758 bits per heavy atom. The van der Waals surface area contributed by atoms with E-state index in [-0.39, 0.29) is 17.9 Å². The normalized spacial score (nSPS) is 13.9. The van der Waals surface area contributed by atoms with Crippen LogP contribution < -0.4 is 9.47 Å². The first kappa shape index (κ1) is 26.9. The van der Waals surface area contributed by atoms with Crippen molar-refractivity contribution < 1.29 is 23.8 Å². The number of hydrogen-bond donors (Lipinski definition) is 0. The van der Waals surface area contributed by atoms with Gasteiger partial charge >= 0.3 is 11.9 Å². The molecule has 0 atom stereocenters. The third-order valence-corrected chi connectivity index (χ3v) is 6.20. The predicted molar refractivity (Wildman–Crippen MR) is 131 cm³/mol. The molecule has 5 nitrogen and oxygen atoms in total. The Morgan fingerprint density at radius 3 is 1.85 bits per heavy atom. The Bertz CT molecular complexity index is 676. The molecule has 0 radical (unpaired) electrons. The number of rotatable bonds is 17. The first-order valence-corrected chi connectivity index (χ1v) is 12.9. The molecule has 0 aliphatic heterocycles. The first-order chi connectivity index (χ1) is 16.2. The molecule has 184 valence electrons. The molecule has 1 aliphatic rings. The van der Waals surface area contributed by atoms with E-state index >= 15 is 0 Å². The van der Waals surface area contributed by atoms with Gasteiger partial charge in [-0.15, -0.1) is 0 Å². The van der Waals surface area contributed by atoms with E-state index in [4.69, 9.17) is 14.2 Å². The molecular weight excluding hydrogens is 416 g/mol. The third-order valence-electron chi connectivity index (χ3n) is 6.20. The lowest BCUT2D eigenvalue weighted by atomic mass is 9.89. The lowest BCUT2D eigenvalue weighted by molar-refractivity contribution is -0.140. The number of unbranched alkanes of at least 4 members (excludes halogenated alkanes) is 9. The zero-order valence-corrected chi connectivity index (χ0v) is 20.2. The predicted octanol–water partition coefficient (Wildman–Crippen LogP) is 7.18. The van der Waals surface area contributed by atoms with E-state index in [1.54, 1.807) is 0 Å². The van der Waals surface area contributed by atoms with Crippen molar-refractivity contribution in [1.82, 2.24) is 0 Å². The molecule has 0 bridgehead atoms. The molecule has 0 N–H and O–H groups in total. The van der Waals surface area contributed by atoms with E-state index in [0.717, 1.165) is 57.3 Å². The standard InChI is InChI=1S/C28H42O5/c1-2-27(29)32-23-15-10-8-6-4-3-5-7-9-14-22-31-25-18-20-26(21-19-25)33-28(30)24-16-12-11-13-17-24/h2,18-21,24H,1,3-17,22-23H2. The maximum Gasteiger partial charge on any atom is 0.330 e. The number of benzene rings is 1. The van der Waals surface area contributed by atoms with Gasteiger partial charge in [-0.05, 0) is 49.9 Å². The highest BCUT2D eigenvalue weighted by molar-refractivity contribution is 5.81. The van der Waals surface area contributed by atoms with Crippen LogP contribution in [-0.2, 0) is 14.3 Å². The fraction of sp³-hybridized carbons (Fsp3) is 0.643. The molecule has 0 amide bonds. The molecule has 1 saturated carbocycles. The van der Waals surface area contributed by atoms with Gasteiger partial charge < -0.3 is 14.2 Å². The van der Waals surface area contributed by atoms with E-state index in [9.17, 15) is 9.59 Å². The molecule has 0 unspecified atom stereocenters. The van der Waals surface area contributed by atoms with Crippen LogP contribution in [0.15, 0.2) is 36.9 Å². The number of carbonyl (C=O) groups is 2. The summed E-state index contributed by atoms with van der Waals surface area (Å²) in [6.45, 7) is 4.61. The topological polar surface area (TPSA) is 61.8 Å². The highest BCUT2D eigenvalue weighted by Crippen LogP contribution is 2.26. The summed E-state index contributed by atoms with van der Waals surface area (Å²) < 4.78 is 16.3. The molecule has 0 heterocycles. The largest absolute Gasteiger partial charge is 0.494 e.